The smallest absolute Gasteiger partial charge is 0.263 e. The van der Waals surface area contributed by atoms with Gasteiger partial charge in [-0.05, 0) is 18.2 Å². The second-order valence-corrected chi connectivity index (χ2v) is 5.29. The van der Waals surface area contributed by atoms with Gasteiger partial charge < -0.3 is 14.8 Å². The Morgan fingerprint density at radius 2 is 2.21 bits per heavy atom. The van der Waals surface area contributed by atoms with Crippen LogP contribution in [-0.2, 0) is 4.74 Å². The summed E-state index contributed by atoms with van der Waals surface area (Å²) in [5.74, 6) is 0.542. The van der Waals surface area contributed by atoms with Crippen molar-refractivity contribution >= 4 is 38.9 Å². The van der Waals surface area contributed by atoms with Gasteiger partial charge in [-0.3, -0.25) is 4.79 Å². The molecule has 0 bridgehead atoms. The fourth-order valence-corrected chi connectivity index (χ4v) is 3.07. The van der Waals surface area contributed by atoms with Crippen molar-refractivity contribution in [3.63, 3.8) is 0 Å². The normalized spacial score (nSPS) is 10.7. The van der Waals surface area contributed by atoms with Crippen molar-refractivity contribution in [2.24, 2.45) is 0 Å². The zero-order valence-corrected chi connectivity index (χ0v) is 12.2. The fraction of sp³-hybridized carbons (Fsp3) is 0.308. The molecule has 0 saturated heterocycles. The Hall–Kier alpha value is -1.30. The molecule has 0 aliphatic rings. The molecule has 1 heterocycles. The maximum atomic E-state index is 12.0. The molecule has 102 valence electrons. The zero-order valence-electron chi connectivity index (χ0n) is 10.7. The molecular weight excluding hydrogens is 286 g/mol. The van der Waals surface area contributed by atoms with Crippen LogP contribution in [0.5, 0.6) is 5.75 Å². The highest BCUT2D eigenvalue weighted by Crippen LogP contribution is 2.37. The molecule has 1 aromatic heterocycles. The summed E-state index contributed by atoms with van der Waals surface area (Å²) in [5.41, 5.74) is 0. The van der Waals surface area contributed by atoms with Crippen LogP contribution in [0.3, 0.4) is 0 Å². The minimum atomic E-state index is -0.179. The predicted octanol–water partition coefficient (Wildman–Crippen LogP) is 2.94. The predicted molar refractivity (Wildman–Crippen MR) is 77.6 cm³/mol. The van der Waals surface area contributed by atoms with E-state index in [9.17, 15) is 4.79 Å². The van der Waals surface area contributed by atoms with Crippen LogP contribution < -0.4 is 10.1 Å². The first-order valence-corrected chi connectivity index (χ1v) is 6.90. The summed E-state index contributed by atoms with van der Waals surface area (Å²) in [7, 11) is 3.19. The lowest BCUT2D eigenvalue weighted by Crippen LogP contribution is -2.26. The number of halogens is 1. The van der Waals surface area contributed by atoms with E-state index in [2.05, 4.69) is 5.32 Å². The molecule has 2 aromatic rings. The summed E-state index contributed by atoms with van der Waals surface area (Å²) >= 11 is 7.63. The van der Waals surface area contributed by atoms with Crippen molar-refractivity contribution in [3.05, 3.63) is 28.1 Å². The quantitative estimate of drug-likeness (QED) is 0.864. The molecule has 0 unspecified atom stereocenters. The first-order chi connectivity index (χ1) is 9.17. The number of carbonyl (C=O) groups excluding carboxylic acids is 1. The molecule has 0 radical (unpaired) electrons. The Morgan fingerprint density at radius 1 is 1.42 bits per heavy atom. The summed E-state index contributed by atoms with van der Waals surface area (Å²) in [6.07, 6.45) is 0. The van der Waals surface area contributed by atoms with E-state index < -0.39 is 0 Å². The molecular formula is C13H14ClNO3S. The van der Waals surface area contributed by atoms with Gasteiger partial charge in [0.05, 0.1) is 18.7 Å². The molecule has 0 fully saturated rings. The van der Waals surface area contributed by atoms with Gasteiger partial charge in [0.2, 0.25) is 0 Å². The van der Waals surface area contributed by atoms with Gasteiger partial charge >= 0.3 is 0 Å². The van der Waals surface area contributed by atoms with E-state index in [1.807, 2.05) is 18.2 Å². The number of ether oxygens (including phenoxy) is 2. The molecule has 19 heavy (non-hydrogen) atoms. The number of fused-ring (bicyclic) bond motifs is 1. The number of methoxy groups -OCH3 is 2. The number of nitrogens with one attached hydrogen (secondary N) is 1. The van der Waals surface area contributed by atoms with E-state index >= 15 is 0 Å². The largest absolute Gasteiger partial charge is 0.497 e. The van der Waals surface area contributed by atoms with Gasteiger partial charge in [-0.1, -0.05) is 11.6 Å². The minimum absolute atomic E-state index is 0.179. The Kier molecular flexibility index (Phi) is 4.63. The van der Waals surface area contributed by atoms with E-state index in [0.717, 1.165) is 15.8 Å². The minimum Gasteiger partial charge on any atom is -0.497 e. The van der Waals surface area contributed by atoms with Crippen LogP contribution in [0.25, 0.3) is 10.1 Å². The molecule has 1 N–H and O–H groups in total. The molecule has 0 saturated carbocycles. The maximum Gasteiger partial charge on any atom is 0.263 e. The lowest BCUT2D eigenvalue weighted by atomic mass is 10.2. The average molecular weight is 300 g/mol. The van der Waals surface area contributed by atoms with Gasteiger partial charge in [0.15, 0.2) is 0 Å². The third-order valence-electron chi connectivity index (χ3n) is 2.63. The molecule has 1 amide bonds. The zero-order chi connectivity index (χ0) is 13.8. The number of hydrogen-bond acceptors (Lipinski definition) is 4. The first kappa shape index (κ1) is 14.1. The summed E-state index contributed by atoms with van der Waals surface area (Å²) in [4.78, 5) is 12.5. The highest BCUT2D eigenvalue weighted by Gasteiger charge is 2.17. The monoisotopic (exact) mass is 299 g/mol. The molecule has 0 aliphatic carbocycles. The summed E-state index contributed by atoms with van der Waals surface area (Å²) < 4.78 is 11.0. The number of benzene rings is 1. The van der Waals surface area contributed by atoms with E-state index in [4.69, 9.17) is 21.1 Å². The Bertz CT molecular complexity index is 597. The number of hydrogen-bond donors (Lipinski definition) is 1. The molecule has 0 aliphatic heterocycles. The van der Waals surface area contributed by atoms with Crippen molar-refractivity contribution in [1.29, 1.82) is 0 Å². The van der Waals surface area contributed by atoms with Crippen LogP contribution in [0, 0.1) is 0 Å². The van der Waals surface area contributed by atoms with Crippen molar-refractivity contribution < 1.29 is 14.3 Å². The lowest BCUT2D eigenvalue weighted by molar-refractivity contribution is 0.0941. The maximum absolute atomic E-state index is 12.0. The van der Waals surface area contributed by atoms with Crippen LogP contribution in [0.1, 0.15) is 9.67 Å². The summed E-state index contributed by atoms with van der Waals surface area (Å²) in [5, 5.41) is 4.06. The number of carbonyl (C=O) groups is 1. The van der Waals surface area contributed by atoms with Crippen LogP contribution in [0.15, 0.2) is 18.2 Å². The number of rotatable bonds is 5. The summed E-state index contributed by atoms with van der Waals surface area (Å²) in [6, 6.07) is 5.58. The fourth-order valence-electron chi connectivity index (χ4n) is 1.67. The molecule has 6 heteroatoms. The molecule has 2 rings (SSSR count). The second kappa shape index (κ2) is 6.23. The van der Waals surface area contributed by atoms with E-state index in [-0.39, 0.29) is 5.91 Å². The topological polar surface area (TPSA) is 47.6 Å². The van der Waals surface area contributed by atoms with E-state index in [1.54, 1.807) is 14.2 Å². The van der Waals surface area contributed by atoms with Gasteiger partial charge in [0, 0.05) is 23.7 Å². The highest BCUT2D eigenvalue weighted by molar-refractivity contribution is 7.21. The van der Waals surface area contributed by atoms with Crippen molar-refractivity contribution in [2.75, 3.05) is 27.4 Å². The SMILES string of the molecule is COCCNC(=O)c1sc2ccc(OC)cc2c1Cl. The van der Waals surface area contributed by atoms with Gasteiger partial charge in [-0.2, -0.15) is 0 Å². The van der Waals surface area contributed by atoms with Crippen molar-refractivity contribution in [2.45, 2.75) is 0 Å². The Morgan fingerprint density at radius 3 is 2.89 bits per heavy atom. The number of amides is 1. The Balaban J connectivity index is 2.29. The Labute approximate surface area is 120 Å². The van der Waals surface area contributed by atoms with Crippen LogP contribution in [0.4, 0.5) is 0 Å². The van der Waals surface area contributed by atoms with Crippen LogP contribution in [-0.4, -0.2) is 33.3 Å². The number of thiophene rings is 1. The molecule has 0 atom stereocenters. The average Bonchev–Trinajstić information content (AvgIpc) is 2.76. The second-order valence-electron chi connectivity index (χ2n) is 3.86. The van der Waals surface area contributed by atoms with Gasteiger partial charge in [0.1, 0.15) is 10.6 Å². The molecule has 1 aromatic carbocycles. The van der Waals surface area contributed by atoms with Gasteiger partial charge in [0.25, 0.3) is 5.91 Å². The van der Waals surface area contributed by atoms with Gasteiger partial charge in [-0.15, -0.1) is 11.3 Å². The van der Waals surface area contributed by atoms with E-state index in [0.29, 0.717) is 23.1 Å². The van der Waals surface area contributed by atoms with E-state index in [1.165, 1.54) is 11.3 Å². The standard InChI is InChI=1S/C13H14ClNO3S/c1-17-6-5-15-13(16)12-11(14)9-7-8(18-2)3-4-10(9)19-12/h3-4,7H,5-6H2,1-2H3,(H,15,16). The first-order valence-electron chi connectivity index (χ1n) is 5.70. The molecule has 0 spiro atoms. The van der Waals surface area contributed by atoms with Crippen molar-refractivity contribution in [1.82, 2.24) is 5.32 Å². The van der Waals surface area contributed by atoms with Crippen LogP contribution >= 0.6 is 22.9 Å². The lowest BCUT2D eigenvalue weighted by Gasteiger charge is -2.02. The highest BCUT2D eigenvalue weighted by atomic mass is 35.5. The molecule has 4 nitrogen and oxygen atoms in total. The third-order valence-corrected chi connectivity index (χ3v) is 4.31. The third kappa shape index (κ3) is 3.00. The summed E-state index contributed by atoms with van der Waals surface area (Å²) in [6.45, 7) is 0.936. The van der Waals surface area contributed by atoms with Crippen LogP contribution in [0.2, 0.25) is 5.02 Å². The van der Waals surface area contributed by atoms with Crippen molar-refractivity contribution in [3.8, 4) is 5.75 Å². The van der Waals surface area contributed by atoms with Gasteiger partial charge in [-0.25, -0.2) is 0 Å².